The number of carbonyl (C=O) groups excluding carboxylic acids is 2. The average molecular weight is 476 g/mol. The number of rotatable bonds is 5. The van der Waals surface area contributed by atoms with E-state index in [2.05, 4.69) is 15.2 Å². The Bertz CT molecular complexity index is 1030. The molecule has 10 heteroatoms. The molecule has 0 bridgehead atoms. The van der Waals surface area contributed by atoms with E-state index in [1.54, 1.807) is 18.3 Å². The van der Waals surface area contributed by atoms with Gasteiger partial charge in [0.25, 0.3) is 0 Å². The Hall–Kier alpha value is -3.14. The molecule has 3 atom stereocenters. The lowest BCUT2D eigenvalue weighted by Crippen LogP contribution is -2.45. The first-order valence-electron chi connectivity index (χ1n) is 11.2. The normalized spacial score (nSPS) is 23.3. The highest BCUT2D eigenvalue weighted by Crippen LogP contribution is 2.30. The minimum Gasteiger partial charge on any atom is -0.372 e. The van der Waals surface area contributed by atoms with E-state index >= 15 is 0 Å². The number of aromatic nitrogens is 1. The van der Waals surface area contributed by atoms with Crippen molar-refractivity contribution >= 4 is 23.3 Å². The summed E-state index contributed by atoms with van der Waals surface area (Å²) in [5, 5.41) is 2.79. The van der Waals surface area contributed by atoms with Gasteiger partial charge in [-0.2, -0.15) is 13.2 Å². The molecule has 182 valence electrons. The first kappa shape index (κ1) is 24.0. The number of nitrogens with zero attached hydrogens (tertiary/aromatic N) is 3. The van der Waals surface area contributed by atoms with Gasteiger partial charge in [0, 0.05) is 32.6 Å². The predicted octanol–water partition coefficient (Wildman–Crippen LogP) is 3.70. The standard InChI is InChI=1S/C24H27F3N4O3/c1-15-11-30(12-16(2)34-15)21-7-6-20(10-28-21)29-23(33)18-9-22(32)31(14-18)13-17-4-3-5-19(8-17)24(25,26)27/h3-8,10,15-16,18H,9,11-14H2,1-2H3,(H,29,33). The second-order valence-electron chi connectivity index (χ2n) is 8.93. The zero-order chi connectivity index (χ0) is 24.5. The van der Waals surface area contributed by atoms with Gasteiger partial charge in [-0.15, -0.1) is 0 Å². The van der Waals surface area contributed by atoms with Crippen molar-refractivity contribution in [1.82, 2.24) is 9.88 Å². The van der Waals surface area contributed by atoms with Crippen molar-refractivity contribution in [2.45, 2.75) is 45.2 Å². The Labute approximate surface area is 195 Å². The third kappa shape index (κ3) is 5.67. The molecule has 34 heavy (non-hydrogen) atoms. The number of carbonyl (C=O) groups is 2. The molecule has 1 aromatic heterocycles. The lowest BCUT2D eigenvalue weighted by Gasteiger charge is -2.36. The van der Waals surface area contributed by atoms with Gasteiger partial charge in [0.2, 0.25) is 11.8 Å². The fraction of sp³-hybridized carbons (Fsp3) is 0.458. The minimum absolute atomic E-state index is 0.0138. The Morgan fingerprint density at radius 2 is 1.88 bits per heavy atom. The van der Waals surface area contributed by atoms with E-state index in [1.165, 1.54) is 11.0 Å². The van der Waals surface area contributed by atoms with E-state index in [-0.39, 0.29) is 43.5 Å². The number of likely N-dealkylation sites (tertiary alicyclic amines) is 1. The van der Waals surface area contributed by atoms with Crippen LogP contribution in [0, 0.1) is 5.92 Å². The van der Waals surface area contributed by atoms with Crippen LogP contribution >= 0.6 is 0 Å². The third-order valence-electron chi connectivity index (χ3n) is 5.97. The molecule has 0 spiro atoms. The molecule has 2 amide bonds. The topological polar surface area (TPSA) is 74.8 Å². The lowest BCUT2D eigenvalue weighted by molar-refractivity contribution is -0.137. The summed E-state index contributed by atoms with van der Waals surface area (Å²) in [4.78, 5) is 33.1. The van der Waals surface area contributed by atoms with E-state index in [0.717, 1.165) is 31.0 Å². The molecular formula is C24H27F3N4O3. The van der Waals surface area contributed by atoms with Crippen LogP contribution in [-0.2, 0) is 27.0 Å². The monoisotopic (exact) mass is 476 g/mol. The molecule has 3 heterocycles. The summed E-state index contributed by atoms with van der Waals surface area (Å²) in [5.41, 5.74) is 0.130. The largest absolute Gasteiger partial charge is 0.416 e. The van der Waals surface area contributed by atoms with Crippen molar-refractivity contribution in [3.63, 3.8) is 0 Å². The van der Waals surface area contributed by atoms with Gasteiger partial charge < -0.3 is 19.9 Å². The van der Waals surface area contributed by atoms with E-state index in [4.69, 9.17) is 4.74 Å². The van der Waals surface area contributed by atoms with Crippen LogP contribution < -0.4 is 10.2 Å². The van der Waals surface area contributed by atoms with Gasteiger partial charge in [0.15, 0.2) is 0 Å². The Morgan fingerprint density at radius 3 is 2.53 bits per heavy atom. The van der Waals surface area contributed by atoms with Crippen LogP contribution in [0.15, 0.2) is 42.6 Å². The van der Waals surface area contributed by atoms with Gasteiger partial charge >= 0.3 is 6.18 Å². The Kier molecular flexibility index (Phi) is 6.79. The smallest absolute Gasteiger partial charge is 0.372 e. The number of pyridine rings is 1. The minimum atomic E-state index is -4.45. The molecule has 1 N–H and O–H groups in total. The summed E-state index contributed by atoms with van der Waals surface area (Å²) in [6.45, 7) is 5.66. The van der Waals surface area contributed by atoms with Gasteiger partial charge in [-0.1, -0.05) is 12.1 Å². The van der Waals surface area contributed by atoms with Crippen LogP contribution in [0.4, 0.5) is 24.7 Å². The summed E-state index contributed by atoms with van der Waals surface area (Å²) in [5.74, 6) is -0.369. The van der Waals surface area contributed by atoms with Gasteiger partial charge in [-0.3, -0.25) is 9.59 Å². The van der Waals surface area contributed by atoms with Crippen LogP contribution in [-0.4, -0.2) is 53.5 Å². The van der Waals surface area contributed by atoms with E-state index in [0.29, 0.717) is 11.3 Å². The van der Waals surface area contributed by atoms with E-state index < -0.39 is 17.7 Å². The lowest BCUT2D eigenvalue weighted by atomic mass is 10.1. The molecule has 0 radical (unpaired) electrons. The summed E-state index contributed by atoms with van der Waals surface area (Å²) in [6.07, 6.45) is -2.66. The van der Waals surface area contributed by atoms with E-state index in [1.807, 2.05) is 19.9 Å². The number of anilines is 2. The maximum Gasteiger partial charge on any atom is 0.416 e. The number of halogens is 3. The number of alkyl halides is 3. The molecule has 2 aliphatic rings. The molecule has 2 aliphatic heterocycles. The fourth-order valence-electron chi connectivity index (χ4n) is 4.42. The van der Waals surface area contributed by atoms with Crippen molar-refractivity contribution in [2.24, 2.45) is 5.92 Å². The van der Waals surface area contributed by atoms with Crippen molar-refractivity contribution in [3.05, 3.63) is 53.7 Å². The molecule has 2 saturated heterocycles. The molecule has 4 rings (SSSR count). The Balaban J connectivity index is 1.34. The number of ether oxygens (including phenoxy) is 1. The molecule has 3 unspecified atom stereocenters. The SMILES string of the molecule is CC1CN(c2ccc(NC(=O)C3CC(=O)N(Cc4cccc(C(F)(F)F)c4)C3)cn2)CC(C)O1. The van der Waals surface area contributed by atoms with Gasteiger partial charge in [-0.05, 0) is 43.7 Å². The quantitative estimate of drug-likeness (QED) is 0.713. The average Bonchev–Trinajstić information content (AvgIpc) is 3.13. The molecular weight excluding hydrogens is 449 g/mol. The van der Waals surface area contributed by atoms with Crippen LogP contribution in [0.5, 0.6) is 0 Å². The highest BCUT2D eigenvalue weighted by atomic mass is 19.4. The zero-order valence-corrected chi connectivity index (χ0v) is 19.0. The molecule has 1 aromatic carbocycles. The van der Waals surface area contributed by atoms with E-state index in [9.17, 15) is 22.8 Å². The highest BCUT2D eigenvalue weighted by Gasteiger charge is 2.35. The maximum atomic E-state index is 13.0. The summed E-state index contributed by atoms with van der Waals surface area (Å²) < 4.78 is 44.6. The van der Waals surface area contributed by atoms with Crippen LogP contribution in [0.3, 0.4) is 0 Å². The molecule has 7 nitrogen and oxygen atoms in total. The van der Waals surface area contributed by atoms with Crippen molar-refractivity contribution < 1.29 is 27.5 Å². The zero-order valence-electron chi connectivity index (χ0n) is 19.0. The fourth-order valence-corrected chi connectivity index (χ4v) is 4.42. The first-order valence-corrected chi connectivity index (χ1v) is 11.2. The van der Waals surface area contributed by atoms with Crippen LogP contribution in [0.25, 0.3) is 0 Å². The number of benzene rings is 1. The van der Waals surface area contributed by atoms with Crippen molar-refractivity contribution in [2.75, 3.05) is 29.9 Å². The summed E-state index contributed by atoms with van der Waals surface area (Å²) in [6, 6.07) is 8.48. The Morgan fingerprint density at radius 1 is 1.15 bits per heavy atom. The number of hydrogen-bond donors (Lipinski definition) is 1. The van der Waals surface area contributed by atoms with Gasteiger partial charge in [-0.25, -0.2) is 4.98 Å². The predicted molar refractivity (Wildman–Crippen MR) is 120 cm³/mol. The van der Waals surface area contributed by atoms with Crippen LogP contribution in [0.1, 0.15) is 31.4 Å². The van der Waals surface area contributed by atoms with Crippen molar-refractivity contribution in [3.8, 4) is 0 Å². The molecule has 2 aromatic rings. The maximum absolute atomic E-state index is 13.0. The first-order chi connectivity index (χ1) is 16.1. The number of nitrogens with one attached hydrogen (secondary N) is 1. The number of amides is 2. The number of morpholine rings is 1. The second-order valence-corrected chi connectivity index (χ2v) is 8.93. The van der Waals surface area contributed by atoms with Gasteiger partial charge in [0.05, 0.1) is 35.6 Å². The molecule has 0 saturated carbocycles. The second kappa shape index (κ2) is 9.61. The third-order valence-corrected chi connectivity index (χ3v) is 5.97. The molecule has 2 fully saturated rings. The summed E-state index contributed by atoms with van der Waals surface area (Å²) in [7, 11) is 0. The van der Waals surface area contributed by atoms with Gasteiger partial charge in [0.1, 0.15) is 5.82 Å². The molecule has 0 aliphatic carbocycles. The van der Waals surface area contributed by atoms with Crippen molar-refractivity contribution in [1.29, 1.82) is 0 Å². The number of hydrogen-bond acceptors (Lipinski definition) is 5. The van der Waals surface area contributed by atoms with Crippen LogP contribution in [0.2, 0.25) is 0 Å². The summed E-state index contributed by atoms with van der Waals surface area (Å²) >= 11 is 0. The highest BCUT2D eigenvalue weighted by molar-refractivity contribution is 5.97.